The number of rotatable bonds is 3. The van der Waals surface area contributed by atoms with Crippen LogP contribution < -0.4 is 15.2 Å². The molecular formula is C18H16ClN3O3. The Balaban J connectivity index is 1.77. The van der Waals surface area contributed by atoms with Gasteiger partial charge in [-0.15, -0.1) is 0 Å². The number of hydrazine groups is 1. The van der Waals surface area contributed by atoms with Gasteiger partial charge in [0, 0.05) is 5.02 Å². The first-order valence-electron chi connectivity index (χ1n) is 7.63. The highest BCUT2D eigenvalue weighted by Gasteiger charge is 2.27. The van der Waals surface area contributed by atoms with Gasteiger partial charge in [0.2, 0.25) is 5.84 Å². The third kappa shape index (κ3) is 3.80. The Morgan fingerprint density at radius 2 is 1.92 bits per heavy atom. The number of amides is 1. The molecule has 2 aromatic rings. The molecule has 0 radical (unpaired) electrons. The highest BCUT2D eigenvalue weighted by atomic mass is 35.5. The van der Waals surface area contributed by atoms with Gasteiger partial charge >= 0.3 is 5.97 Å². The predicted molar refractivity (Wildman–Crippen MR) is 95.9 cm³/mol. The summed E-state index contributed by atoms with van der Waals surface area (Å²) in [7, 11) is 0. The first-order chi connectivity index (χ1) is 11.9. The Morgan fingerprint density at radius 3 is 2.60 bits per heavy atom. The molecule has 3 rings (SSSR count). The third-order valence-corrected chi connectivity index (χ3v) is 3.90. The Morgan fingerprint density at radius 1 is 1.20 bits per heavy atom. The van der Waals surface area contributed by atoms with Crippen molar-refractivity contribution in [1.82, 2.24) is 5.43 Å². The summed E-state index contributed by atoms with van der Waals surface area (Å²) >= 11 is 5.90. The van der Waals surface area contributed by atoms with Crippen molar-refractivity contribution in [2.45, 2.75) is 13.8 Å². The average molecular weight is 358 g/mol. The molecule has 1 aliphatic heterocycles. The van der Waals surface area contributed by atoms with Gasteiger partial charge < -0.3 is 4.74 Å². The minimum absolute atomic E-state index is 0.0328. The molecule has 0 saturated heterocycles. The lowest BCUT2D eigenvalue weighted by Crippen LogP contribution is -2.54. The van der Waals surface area contributed by atoms with E-state index >= 15 is 0 Å². The van der Waals surface area contributed by atoms with Crippen LogP contribution in [0.1, 0.15) is 11.1 Å². The molecular weight excluding hydrogens is 342 g/mol. The lowest BCUT2D eigenvalue weighted by atomic mass is 10.2. The maximum Gasteiger partial charge on any atom is 0.380 e. The van der Waals surface area contributed by atoms with E-state index in [0.717, 1.165) is 11.1 Å². The molecule has 1 aliphatic rings. The molecule has 0 atom stereocenters. The number of hydrogen-bond acceptors (Lipinski definition) is 5. The summed E-state index contributed by atoms with van der Waals surface area (Å²) in [6.07, 6.45) is 0. The predicted octanol–water partition coefficient (Wildman–Crippen LogP) is 2.81. The molecule has 0 aliphatic carbocycles. The summed E-state index contributed by atoms with van der Waals surface area (Å²) in [5.74, 6) is -0.578. The summed E-state index contributed by atoms with van der Waals surface area (Å²) in [5.41, 5.74) is 5.14. The van der Waals surface area contributed by atoms with Crippen LogP contribution in [-0.4, -0.2) is 24.3 Å². The van der Waals surface area contributed by atoms with Crippen LogP contribution in [0, 0.1) is 13.8 Å². The molecule has 0 fully saturated rings. The zero-order valence-corrected chi connectivity index (χ0v) is 14.5. The quantitative estimate of drug-likeness (QED) is 0.677. The molecule has 128 valence electrons. The number of aryl methyl sites for hydroxylation is 2. The Kier molecular flexibility index (Phi) is 4.72. The van der Waals surface area contributed by atoms with Gasteiger partial charge in [0.05, 0.1) is 5.69 Å². The molecule has 7 heteroatoms. The SMILES string of the molecule is Cc1ccc(N2NC(C(=O)Oc3ccc(Cl)cc3C)=NCC2=O)cc1. The van der Waals surface area contributed by atoms with Crippen LogP contribution in [0.3, 0.4) is 0 Å². The van der Waals surface area contributed by atoms with E-state index in [1.54, 1.807) is 37.3 Å². The molecule has 0 unspecified atom stereocenters. The fraction of sp³-hybridized carbons (Fsp3) is 0.167. The largest absolute Gasteiger partial charge is 0.420 e. The number of benzene rings is 2. The number of aliphatic imine (C=N–C) groups is 1. The van der Waals surface area contributed by atoms with Crippen molar-refractivity contribution in [2.75, 3.05) is 11.6 Å². The normalized spacial score (nSPS) is 14.0. The van der Waals surface area contributed by atoms with Crippen LogP contribution in [0.15, 0.2) is 47.5 Å². The van der Waals surface area contributed by atoms with Crippen molar-refractivity contribution in [1.29, 1.82) is 0 Å². The van der Waals surface area contributed by atoms with Crippen LogP contribution in [-0.2, 0) is 9.59 Å². The minimum Gasteiger partial charge on any atom is -0.420 e. The first kappa shape index (κ1) is 17.0. The minimum atomic E-state index is -0.671. The van der Waals surface area contributed by atoms with Gasteiger partial charge in [-0.2, -0.15) is 0 Å². The smallest absolute Gasteiger partial charge is 0.380 e. The summed E-state index contributed by atoms with van der Waals surface area (Å²) < 4.78 is 5.35. The van der Waals surface area contributed by atoms with Crippen molar-refractivity contribution >= 4 is 35.0 Å². The molecule has 1 heterocycles. The van der Waals surface area contributed by atoms with E-state index in [1.165, 1.54) is 5.01 Å². The zero-order chi connectivity index (χ0) is 18.0. The summed E-state index contributed by atoms with van der Waals surface area (Å²) in [5, 5.41) is 1.85. The van der Waals surface area contributed by atoms with E-state index in [-0.39, 0.29) is 18.3 Å². The number of halogens is 1. The van der Waals surface area contributed by atoms with E-state index in [1.807, 2.05) is 19.1 Å². The fourth-order valence-electron chi connectivity index (χ4n) is 2.31. The number of esters is 1. The number of amidine groups is 1. The van der Waals surface area contributed by atoms with Gasteiger partial charge in [-0.1, -0.05) is 29.3 Å². The molecule has 0 bridgehead atoms. The number of nitrogens with zero attached hydrogens (tertiary/aromatic N) is 2. The second-order valence-electron chi connectivity index (χ2n) is 5.64. The van der Waals surface area contributed by atoms with Crippen LogP contribution in [0.2, 0.25) is 5.02 Å². The highest BCUT2D eigenvalue weighted by Crippen LogP contribution is 2.22. The molecule has 6 nitrogen and oxygen atoms in total. The lowest BCUT2D eigenvalue weighted by molar-refractivity contribution is -0.127. The van der Waals surface area contributed by atoms with Gasteiger partial charge in [-0.05, 0) is 49.7 Å². The molecule has 1 N–H and O–H groups in total. The summed E-state index contributed by atoms with van der Waals surface area (Å²) in [6, 6.07) is 12.3. The van der Waals surface area contributed by atoms with Gasteiger partial charge in [-0.3, -0.25) is 15.2 Å². The number of carbonyl (C=O) groups excluding carboxylic acids is 2. The number of anilines is 1. The van der Waals surface area contributed by atoms with Gasteiger partial charge in [0.25, 0.3) is 5.91 Å². The maximum absolute atomic E-state index is 12.4. The monoisotopic (exact) mass is 357 g/mol. The molecule has 0 spiro atoms. The number of nitrogens with one attached hydrogen (secondary N) is 1. The lowest BCUT2D eigenvalue weighted by Gasteiger charge is -2.27. The second kappa shape index (κ2) is 6.94. The molecule has 0 saturated carbocycles. The van der Waals surface area contributed by atoms with Crippen LogP contribution in [0.5, 0.6) is 5.75 Å². The molecule has 2 aromatic carbocycles. The highest BCUT2D eigenvalue weighted by molar-refractivity contribution is 6.37. The van der Waals surface area contributed by atoms with Crippen LogP contribution in [0.25, 0.3) is 0 Å². The fourth-order valence-corrected chi connectivity index (χ4v) is 2.54. The molecule has 1 amide bonds. The Hall–Kier alpha value is -2.86. The Bertz CT molecular complexity index is 862. The van der Waals surface area contributed by atoms with Crippen molar-refractivity contribution in [2.24, 2.45) is 4.99 Å². The van der Waals surface area contributed by atoms with Gasteiger partial charge in [0.1, 0.15) is 12.3 Å². The zero-order valence-electron chi connectivity index (χ0n) is 13.7. The first-order valence-corrected chi connectivity index (χ1v) is 8.01. The van der Waals surface area contributed by atoms with E-state index < -0.39 is 5.97 Å². The second-order valence-corrected chi connectivity index (χ2v) is 6.08. The number of ether oxygens (including phenoxy) is 1. The summed E-state index contributed by atoms with van der Waals surface area (Å²) in [6.45, 7) is 3.60. The van der Waals surface area contributed by atoms with Crippen molar-refractivity contribution in [3.63, 3.8) is 0 Å². The number of carbonyl (C=O) groups is 2. The van der Waals surface area contributed by atoms with Crippen molar-refractivity contribution in [3.8, 4) is 5.75 Å². The topological polar surface area (TPSA) is 71.0 Å². The van der Waals surface area contributed by atoms with E-state index in [0.29, 0.717) is 16.5 Å². The van der Waals surface area contributed by atoms with E-state index in [4.69, 9.17) is 16.3 Å². The average Bonchev–Trinajstić information content (AvgIpc) is 2.58. The van der Waals surface area contributed by atoms with Crippen molar-refractivity contribution < 1.29 is 14.3 Å². The third-order valence-electron chi connectivity index (χ3n) is 3.66. The number of hydrogen-bond donors (Lipinski definition) is 1. The van der Waals surface area contributed by atoms with E-state index in [9.17, 15) is 9.59 Å². The van der Waals surface area contributed by atoms with Gasteiger partial charge in [-0.25, -0.2) is 9.80 Å². The standard InChI is InChI=1S/C18H16ClN3O3/c1-11-3-6-14(7-4-11)22-16(23)10-20-17(21-22)18(24)25-15-8-5-13(19)9-12(15)2/h3-9H,10H2,1-2H3,(H,20,21). The Labute approximate surface area is 150 Å². The maximum atomic E-state index is 12.4. The molecule has 25 heavy (non-hydrogen) atoms. The van der Waals surface area contributed by atoms with Crippen LogP contribution >= 0.6 is 11.6 Å². The summed E-state index contributed by atoms with van der Waals surface area (Å²) in [4.78, 5) is 28.4. The van der Waals surface area contributed by atoms with E-state index in [2.05, 4.69) is 10.4 Å². The van der Waals surface area contributed by atoms with Gasteiger partial charge in [0.15, 0.2) is 0 Å². The molecule has 0 aromatic heterocycles. The van der Waals surface area contributed by atoms with Crippen LogP contribution in [0.4, 0.5) is 5.69 Å². The van der Waals surface area contributed by atoms with Crippen molar-refractivity contribution in [3.05, 3.63) is 58.6 Å².